The molecule has 12 aromatic carbocycles. The fourth-order valence-corrected chi connectivity index (χ4v) is 9.70. The Balaban J connectivity index is 0.987. The second kappa shape index (κ2) is 13.9. The van der Waals surface area contributed by atoms with Crippen LogP contribution in [0.25, 0.3) is 120 Å². The Hall–Kier alpha value is -7.80. The molecular weight excluding hydrogens is 721 g/mol. The summed E-state index contributed by atoms with van der Waals surface area (Å²) in [6.07, 6.45) is 0. The molecule has 0 heterocycles. The third kappa shape index (κ3) is 5.69. The summed E-state index contributed by atoms with van der Waals surface area (Å²) in [7, 11) is 0. The quantitative estimate of drug-likeness (QED) is 0.121. The van der Waals surface area contributed by atoms with Crippen LogP contribution < -0.4 is 0 Å². The molecule has 0 heteroatoms. The van der Waals surface area contributed by atoms with Gasteiger partial charge in [0.25, 0.3) is 0 Å². The minimum Gasteiger partial charge on any atom is -0.0622 e. The molecule has 278 valence electrons. The molecule has 0 amide bonds. The molecule has 0 N–H and O–H groups in total. The third-order valence-electron chi connectivity index (χ3n) is 12.6. The summed E-state index contributed by atoms with van der Waals surface area (Å²) < 4.78 is 0. The van der Waals surface area contributed by atoms with Crippen LogP contribution in [0.3, 0.4) is 0 Å². The monoisotopic (exact) mass is 758 g/mol. The molecule has 0 spiro atoms. The van der Waals surface area contributed by atoms with Crippen LogP contribution in [-0.2, 0) is 0 Å². The van der Waals surface area contributed by atoms with Crippen LogP contribution in [-0.4, -0.2) is 0 Å². The molecule has 0 fully saturated rings. The Labute approximate surface area is 349 Å². The number of benzene rings is 12. The molecule has 0 unspecified atom stereocenters. The van der Waals surface area contributed by atoms with Crippen molar-refractivity contribution >= 4 is 64.6 Å². The van der Waals surface area contributed by atoms with E-state index in [1.54, 1.807) is 0 Å². The minimum atomic E-state index is 1.22. The lowest BCUT2D eigenvalue weighted by Crippen LogP contribution is -1.91. The average molecular weight is 759 g/mol. The van der Waals surface area contributed by atoms with E-state index in [1.807, 2.05) is 0 Å². The van der Waals surface area contributed by atoms with Gasteiger partial charge in [-0.3, -0.25) is 0 Å². The van der Waals surface area contributed by atoms with Gasteiger partial charge in [-0.05, 0) is 157 Å². The van der Waals surface area contributed by atoms with Gasteiger partial charge in [-0.25, -0.2) is 0 Å². The van der Waals surface area contributed by atoms with Crippen LogP contribution >= 0.6 is 0 Å². The summed E-state index contributed by atoms with van der Waals surface area (Å²) in [6, 6.07) is 85.2. The van der Waals surface area contributed by atoms with Crippen molar-refractivity contribution in [1.29, 1.82) is 0 Å². The highest BCUT2D eigenvalue weighted by molar-refractivity contribution is 6.22. The van der Waals surface area contributed by atoms with Crippen LogP contribution in [0.4, 0.5) is 0 Å². The van der Waals surface area contributed by atoms with Crippen molar-refractivity contribution in [3.8, 4) is 55.6 Å². The molecule has 0 radical (unpaired) electrons. The van der Waals surface area contributed by atoms with Crippen LogP contribution in [0, 0.1) is 0 Å². The smallest absolute Gasteiger partial charge is 0.00262 e. The van der Waals surface area contributed by atoms with E-state index in [1.165, 1.54) is 120 Å². The van der Waals surface area contributed by atoms with Gasteiger partial charge in [0.05, 0.1) is 0 Å². The van der Waals surface area contributed by atoms with Crippen molar-refractivity contribution in [2.45, 2.75) is 0 Å². The number of rotatable bonds is 5. The van der Waals surface area contributed by atoms with Gasteiger partial charge in [0.1, 0.15) is 0 Å². The van der Waals surface area contributed by atoms with Crippen molar-refractivity contribution < 1.29 is 0 Å². The largest absolute Gasteiger partial charge is 0.0622 e. The van der Waals surface area contributed by atoms with Gasteiger partial charge < -0.3 is 0 Å². The lowest BCUT2D eigenvalue weighted by atomic mass is 9.85. The second-order valence-corrected chi connectivity index (χ2v) is 16.0. The SMILES string of the molecule is c1ccc(-c2cc3ccccc3cc2-c2ccc3c(ccc4cc(-c5c6ccccc6c(-c6cccc(-c7ccc8ccccc8c7)c6)c6ccccc56)ccc43)c2)cc1. The van der Waals surface area contributed by atoms with Gasteiger partial charge in [0.15, 0.2) is 0 Å². The Bertz CT molecular complexity index is 3590. The van der Waals surface area contributed by atoms with Crippen molar-refractivity contribution in [1.82, 2.24) is 0 Å². The Morgan fingerprint density at radius 3 is 1.17 bits per heavy atom. The maximum Gasteiger partial charge on any atom is -0.00262 e. The normalized spacial score (nSPS) is 11.7. The molecule has 0 aliphatic heterocycles. The molecule has 0 atom stereocenters. The highest BCUT2D eigenvalue weighted by Gasteiger charge is 2.18. The molecule has 0 saturated heterocycles. The zero-order chi connectivity index (χ0) is 39.6. The van der Waals surface area contributed by atoms with Crippen molar-refractivity contribution in [2.24, 2.45) is 0 Å². The zero-order valence-electron chi connectivity index (χ0n) is 32.9. The Kier molecular flexibility index (Phi) is 7.96. The molecule has 12 rings (SSSR count). The predicted octanol–water partition coefficient (Wildman–Crippen LogP) is 16.9. The molecular formula is C60H38. The number of hydrogen-bond acceptors (Lipinski definition) is 0. The highest BCUT2D eigenvalue weighted by atomic mass is 14.2. The first-order valence-corrected chi connectivity index (χ1v) is 20.8. The molecule has 60 heavy (non-hydrogen) atoms. The first-order valence-electron chi connectivity index (χ1n) is 20.8. The van der Waals surface area contributed by atoms with Gasteiger partial charge in [-0.2, -0.15) is 0 Å². The van der Waals surface area contributed by atoms with Gasteiger partial charge in [0, 0.05) is 0 Å². The van der Waals surface area contributed by atoms with Crippen molar-refractivity contribution in [3.63, 3.8) is 0 Å². The molecule has 0 aliphatic rings. The van der Waals surface area contributed by atoms with E-state index < -0.39 is 0 Å². The van der Waals surface area contributed by atoms with E-state index in [2.05, 4.69) is 231 Å². The van der Waals surface area contributed by atoms with Gasteiger partial charge >= 0.3 is 0 Å². The maximum atomic E-state index is 2.40. The Morgan fingerprint density at radius 1 is 0.167 bits per heavy atom. The predicted molar refractivity (Wildman–Crippen MR) is 259 cm³/mol. The fraction of sp³-hybridized carbons (Fsp3) is 0. The summed E-state index contributed by atoms with van der Waals surface area (Å²) >= 11 is 0. The van der Waals surface area contributed by atoms with E-state index >= 15 is 0 Å². The first kappa shape index (κ1) is 34.3. The summed E-state index contributed by atoms with van der Waals surface area (Å²) in [5.41, 5.74) is 12.4. The molecule has 0 bridgehead atoms. The summed E-state index contributed by atoms with van der Waals surface area (Å²) in [4.78, 5) is 0. The molecule has 0 saturated carbocycles. The van der Waals surface area contributed by atoms with E-state index in [0.29, 0.717) is 0 Å². The lowest BCUT2D eigenvalue weighted by molar-refractivity contribution is 1.62. The number of fused-ring (bicyclic) bond motifs is 7. The first-order chi connectivity index (χ1) is 29.7. The summed E-state index contributed by atoms with van der Waals surface area (Å²) in [6.45, 7) is 0. The second-order valence-electron chi connectivity index (χ2n) is 16.0. The van der Waals surface area contributed by atoms with Gasteiger partial charge in [0.2, 0.25) is 0 Å². The topological polar surface area (TPSA) is 0 Å². The lowest BCUT2D eigenvalue weighted by Gasteiger charge is -2.19. The van der Waals surface area contributed by atoms with E-state index in [4.69, 9.17) is 0 Å². The summed E-state index contributed by atoms with van der Waals surface area (Å²) in [5, 5.41) is 15.1. The van der Waals surface area contributed by atoms with Crippen LogP contribution in [0.2, 0.25) is 0 Å². The molecule has 0 aromatic heterocycles. The standard InChI is InChI=1S/C60H38/c1-2-14-40(15-3-1)57-37-43-17-6-7-18-44(43)38-58(57)48-29-31-51-46(35-48)27-28-47-36-50(30-32-52(47)51)60-55-23-10-8-21-53(55)59(54-22-9-11-24-56(54)60)49-20-12-19-42(34-49)45-26-25-39-13-4-5-16-41(39)33-45/h1-38H. The van der Waals surface area contributed by atoms with Gasteiger partial charge in [-0.15, -0.1) is 0 Å². The maximum absolute atomic E-state index is 2.40. The molecule has 12 aromatic rings. The van der Waals surface area contributed by atoms with E-state index in [0.717, 1.165) is 0 Å². The van der Waals surface area contributed by atoms with Gasteiger partial charge in [-0.1, -0.05) is 194 Å². The molecule has 0 aliphatic carbocycles. The average Bonchev–Trinajstić information content (AvgIpc) is 3.32. The highest BCUT2D eigenvalue weighted by Crippen LogP contribution is 2.45. The third-order valence-corrected chi connectivity index (χ3v) is 12.6. The van der Waals surface area contributed by atoms with E-state index in [-0.39, 0.29) is 0 Å². The minimum absolute atomic E-state index is 1.22. The van der Waals surface area contributed by atoms with Crippen molar-refractivity contribution in [3.05, 3.63) is 231 Å². The Morgan fingerprint density at radius 2 is 0.550 bits per heavy atom. The van der Waals surface area contributed by atoms with Crippen LogP contribution in [0.15, 0.2) is 231 Å². The number of hydrogen-bond donors (Lipinski definition) is 0. The summed E-state index contributed by atoms with van der Waals surface area (Å²) in [5.74, 6) is 0. The van der Waals surface area contributed by atoms with Crippen LogP contribution in [0.5, 0.6) is 0 Å². The fourth-order valence-electron chi connectivity index (χ4n) is 9.70. The van der Waals surface area contributed by atoms with E-state index in [9.17, 15) is 0 Å². The molecule has 0 nitrogen and oxygen atoms in total. The zero-order valence-corrected chi connectivity index (χ0v) is 32.9. The van der Waals surface area contributed by atoms with Crippen molar-refractivity contribution in [2.75, 3.05) is 0 Å². The van der Waals surface area contributed by atoms with Crippen LogP contribution in [0.1, 0.15) is 0 Å².